The van der Waals surface area contributed by atoms with Crippen molar-refractivity contribution in [2.24, 2.45) is 5.41 Å². The van der Waals surface area contributed by atoms with Gasteiger partial charge in [0.1, 0.15) is 6.29 Å². The fraction of sp³-hybridized carbons (Fsp3) is 0.643. The second kappa shape index (κ2) is 6.45. The van der Waals surface area contributed by atoms with E-state index in [1.807, 2.05) is 0 Å². The Kier molecular flexibility index (Phi) is 4.92. The zero-order valence-corrected chi connectivity index (χ0v) is 11.7. The van der Waals surface area contributed by atoms with Crippen molar-refractivity contribution in [1.82, 2.24) is 4.90 Å². The molecule has 3 nitrogen and oxygen atoms in total. The van der Waals surface area contributed by atoms with E-state index in [0.29, 0.717) is 6.61 Å². The van der Waals surface area contributed by atoms with Gasteiger partial charge in [0, 0.05) is 24.6 Å². The number of nitrogens with zero attached hydrogens (tertiary/aromatic N) is 1. The Labute approximate surface area is 113 Å². The minimum Gasteiger partial charge on any atom is -0.380 e. The molecule has 0 bridgehead atoms. The summed E-state index contributed by atoms with van der Waals surface area (Å²) >= 11 is 1.79. The summed E-state index contributed by atoms with van der Waals surface area (Å²) in [5.41, 5.74) is -0.275. The van der Waals surface area contributed by atoms with E-state index in [-0.39, 0.29) is 5.41 Å². The molecule has 2 rings (SSSR count). The van der Waals surface area contributed by atoms with Gasteiger partial charge in [-0.05, 0) is 37.8 Å². The summed E-state index contributed by atoms with van der Waals surface area (Å²) in [6.07, 6.45) is 4.12. The van der Waals surface area contributed by atoms with Crippen LogP contribution in [-0.2, 0) is 16.0 Å². The third-order valence-electron chi connectivity index (χ3n) is 3.51. The molecular weight excluding hydrogens is 246 g/mol. The van der Waals surface area contributed by atoms with Crippen molar-refractivity contribution < 1.29 is 9.53 Å². The molecule has 1 aromatic rings. The highest BCUT2D eigenvalue weighted by Crippen LogP contribution is 2.27. The topological polar surface area (TPSA) is 29.5 Å². The second-order valence-electron chi connectivity index (χ2n) is 5.20. The molecule has 0 radical (unpaired) electrons. The van der Waals surface area contributed by atoms with Crippen LogP contribution in [0.25, 0.3) is 0 Å². The number of carbonyl (C=O) groups is 1. The molecule has 1 saturated heterocycles. The first kappa shape index (κ1) is 13.7. The Morgan fingerprint density at radius 1 is 1.61 bits per heavy atom. The summed E-state index contributed by atoms with van der Waals surface area (Å²) in [6.45, 7) is 3.19. The van der Waals surface area contributed by atoms with Crippen molar-refractivity contribution >= 4 is 17.6 Å². The first-order valence-corrected chi connectivity index (χ1v) is 7.37. The van der Waals surface area contributed by atoms with E-state index in [9.17, 15) is 4.79 Å². The highest BCUT2D eigenvalue weighted by atomic mass is 32.1. The molecule has 0 aromatic carbocycles. The summed E-state index contributed by atoms with van der Waals surface area (Å²) in [4.78, 5) is 15.0. The number of likely N-dealkylation sites (N-methyl/N-ethyl adjacent to an activating group) is 1. The molecule has 0 aliphatic carbocycles. The molecule has 1 aromatic heterocycles. The molecule has 4 heteroatoms. The van der Waals surface area contributed by atoms with Crippen molar-refractivity contribution in [1.29, 1.82) is 0 Å². The van der Waals surface area contributed by atoms with E-state index < -0.39 is 0 Å². The van der Waals surface area contributed by atoms with Gasteiger partial charge in [-0.3, -0.25) is 0 Å². The quantitative estimate of drug-likeness (QED) is 0.740. The first-order valence-electron chi connectivity index (χ1n) is 6.49. The van der Waals surface area contributed by atoms with Gasteiger partial charge in [0.2, 0.25) is 0 Å². The minimum atomic E-state index is -0.275. The molecule has 1 fully saturated rings. The molecule has 1 atom stereocenters. The smallest absolute Gasteiger partial charge is 0.129 e. The van der Waals surface area contributed by atoms with E-state index >= 15 is 0 Å². The Balaban J connectivity index is 1.81. The van der Waals surface area contributed by atoms with E-state index in [1.54, 1.807) is 11.3 Å². The van der Waals surface area contributed by atoms with Crippen LogP contribution in [0, 0.1) is 5.41 Å². The summed E-state index contributed by atoms with van der Waals surface area (Å²) in [7, 11) is 2.09. The normalized spacial score (nSPS) is 24.3. The number of rotatable bonds is 6. The van der Waals surface area contributed by atoms with Crippen molar-refractivity contribution in [3.63, 3.8) is 0 Å². The van der Waals surface area contributed by atoms with E-state index in [4.69, 9.17) is 4.74 Å². The number of ether oxygens (including phenoxy) is 1. The molecule has 2 heterocycles. The van der Waals surface area contributed by atoms with Crippen LogP contribution in [-0.4, -0.2) is 44.5 Å². The molecule has 0 spiro atoms. The van der Waals surface area contributed by atoms with Crippen LogP contribution in [0.3, 0.4) is 0 Å². The van der Waals surface area contributed by atoms with Crippen LogP contribution in [0.1, 0.15) is 17.7 Å². The lowest BCUT2D eigenvalue weighted by Gasteiger charge is -2.35. The van der Waals surface area contributed by atoms with Gasteiger partial charge in [-0.25, -0.2) is 0 Å². The van der Waals surface area contributed by atoms with Gasteiger partial charge in [-0.2, -0.15) is 0 Å². The van der Waals surface area contributed by atoms with Gasteiger partial charge in [0.25, 0.3) is 0 Å². The predicted octanol–water partition coefficient (Wildman–Crippen LogP) is 2.22. The standard InChI is InChI=1S/C14H21NO2S/c1-15(7-5-13-4-2-9-18-13)10-14(11-16)6-3-8-17-12-14/h2,4,9,11H,3,5-8,10,12H2,1H3. The van der Waals surface area contributed by atoms with Crippen molar-refractivity contribution in [2.45, 2.75) is 19.3 Å². The largest absolute Gasteiger partial charge is 0.380 e. The summed E-state index contributed by atoms with van der Waals surface area (Å²) in [5.74, 6) is 0. The van der Waals surface area contributed by atoms with Gasteiger partial charge >= 0.3 is 0 Å². The lowest BCUT2D eigenvalue weighted by Crippen LogP contribution is -2.43. The van der Waals surface area contributed by atoms with Crippen LogP contribution in [0.2, 0.25) is 0 Å². The Bertz CT molecular complexity index is 358. The molecule has 100 valence electrons. The number of hydrogen-bond acceptors (Lipinski definition) is 4. The zero-order chi connectivity index (χ0) is 12.8. The van der Waals surface area contributed by atoms with E-state index in [0.717, 1.165) is 45.2 Å². The molecule has 0 N–H and O–H groups in total. The third kappa shape index (κ3) is 3.64. The molecule has 1 aliphatic rings. The van der Waals surface area contributed by atoms with Crippen LogP contribution < -0.4 is 0 Å². The van der Waals surface area contributed by atoms with Gasteiger partial charge < -0.3 is 14.4 Å². The van der Waals surface area contributed by atoms with Crippen LogP contribution >= 0.6 is 11.3 Å². The highest BCUT2D eigenvalue weighted by molar-refractivity contribution is 7.09. The second-order valence-corrected chi connectivity index (χ2v) is 6.24. The lowest BCUT2D eigenvalue weighted by molar-refractivity contribution is -0.125. The van der Waals surface area contributed by atoms with Gasteiger partial charge in [0.15, 0.2) is 0 Å². The number of aldehydes is 1. The number of carbonyl (C=O) groups excluding carboxylic acids is 1. The van der Waals surface area contributed by atoms with E-state index in [2.05, 4.69) is 29.5 Å². The lowest BCUT2D eigenvalue weighted by atomic mass is 9.83. The Morgan fingerprint density at radius 2 is 2.50 bits per heavy atom. The predicted molar refractivity (Wildman–Crippen MR) is 74.1 cm³/mol. The molecule has 1 aliphatic heterocycles. The summed E-state index contributed by atoms with van der Waals surface area (Å²) in [5, 5.41) is 2.11. The fourth-order valence-electron chi connectivity index (χ4n) is 2.50. The summed E-state index contributed by atoms with van der Waals surface area (Å²) in [6, 6.07) is 4.25. The van der Waals surface area contributed by atoms with Gasteiger partial charge in [0.05, 0.1) is 12.0 Å². The van der Waals surface area contributed by atoms with Crippen molar-refractivity contribution in [2.75, 3.05) is 33.4 Å². The SMILES string of the molecule is CN(CCc1cccs1)CC1(C=O)CCCOC1. The summed E-state index contributed by atoms with van der Waals surface area (Å²) < 4.78 is 5.47. The monoisotopic (exact) mass is 267 g/mol. The van der Waals surface area contributed by atoms with Crippen LogP contribution in [0.15, 0.2) is 17.5 Å². The number of thiophene rings is 1. The van der Waals surface area contributed by atoms with Crippen molar-refractivity contribution in [3.8, 4) is 0 Å². The van der Waals surface area contributed by atoms with Crippen molar-refractivity contribution in [3.05, 3.63) is 22.4 Å². The minimum absolute atomic E-state index is 0.275. The highest BCUT2D eigenvalue weighted by Gasteiger charge is 2.33. The first-order chi connectivity index (χ1) is 8.74. The maximum atomic E-state index is 11.3. The van der Waals surface area contributed by atoms with Gasteiger partial charge in [-0.1, -0.05) is 6.07 Å². The zero-order valence-electron chi connectivity index (χ0n) is 10.9. The van der Waals surface area contributed by atoms with Crippen LogP contribution in [0.5, 0.6) is 0 Å². The third-order valence-corrected chi connectivity index (χ3v) is 4.44. The molecule has 18 heavy (non-hydrogen) atoms. The maximum Gasteiger partial charge on any atom is 0.129 e. The Hall–Kier alpha value is -0.710. The van der Waals surface area contributed by atoms with E-state index in [1.165, 1.54) is 4.88 Å². The molecule has 0 amide bonds. The average Bonchev–Trinajstić information content (AvgIpc) is 2.91. The Morgan fingerprint density at radius 3 is 3.11 bits per heavy atom. The molecule has 0 saturated carbocycles. The van der Waals surface area contributed by atoms with Crippen LogP contribution in [0.4, 0.5) is 0 Å². The fourth-order valence-corrected chi connectivity index (χ4v) is 3.20. The van der Waals surface area contributed by atoms with Gasteiger partial charge in [-0.15, -0.1) is 11.3 Å². The molecule has 1 unspecified atom stereocenters. The average molecular weight is 267 g/mol. The molecular formula is C14H21NO2S. The number of hydrogen-bond donors (Lipinski definition) is 0. The maximum absolute atomic E-state index is 11.3.